The van der Waals surface area contributed by atoms with Gasteiger partial charge in [-0.15, -0.1) is 0 Å². The second kappa shape index (κ2) is 8.72. The molecular formula is C17H29N3O3. The molecule has 0 aliphatic rings. The van der Waals surface area contributed by atoms with Crippen molar-refractivity contribution in [2.75, 3.05) is 27.7 Å². The Kier molecular flexibility index (Phi) is 7.29. The van der Waals surface area contributed by atoms with E-state index in [-0.39, 0.29) is 11.9 Å². The summed E-state index contributed by atoms with van der Waals surface area (Å²) >= 11 is 0. The largest absolute Gasteiger partial charge is 0.465 e. The Bertz CT molecular complexity index is 550. The van der Waals surface area contributed by atoms with E-state index in [2.05, 4.69) is 15.2 Å². The Morgan fingerprint density at radius 3 is 2.52 bits per heavy atom. The second-order valence-corrected chi connectivity index (χ2v) is 6.19. The number of hydrogen-bond donors (Lipinski definition) is 2. The van der Waals surface area contributed by atoms with Gasteiger partial charge in [0.2, 0.25) is 0 Å². The zero-order chi connectivity index (χ0) is 17.6. The number of rotatable bonds is 8. The molecule has 0 bridgehead atoms. The molecule has 6 nitrogen and oxygen atoms in total. The van der Waals surface area contributed by atoms with E-state index in [9.17, 15) is 9.59 Å². The van der Waals surface area contributed by atoms with Crippen LogP contribution in [0.15, 0.2) is 0 Å². The summed E-state index contributed by atoms with van der Waals surface area (Å²) in [6.45, 7) is 6.70. The van der Waals surface area contributed by atoms with Gasteiger partial charge in [0.15, 0.2) is 0 Å². The van der Waals surface area contributed by atoms with Crippen molar-refractivity contribution >= 4 is 11.9 Å². The van der Waals surface area contributed by atoms with Crippen LogP contribution in [0.25, 0.3) is 0 Å². The molecule has 1 atom stereocenters. The van der Waals surface area contributed by atoms with Crippen molar-refractivity contribution in [1.82, 2.24) is 15.2 Å². The minimum absolute atomic E-state index is 0.0598. The van der Waals surface area contributed by atoms with E-state index in [1.54, 1.807) is 6.92 Å². The van der Waals surface area contributed by atoms with E-state index in [0.717, 1.165) is 24.9 Å². The molecule has 1 heterocycles. The van der Waals surface area contributed by atoms with Crippen molar-refractivity contribution in [3.8, 4) is 0 Å². The molecule has 0 aliphatic heterocycles. The lowest BCUT2D eigenvalue weighted by Gasteiger charge is -2.17. The number of carbonyl (C=O) groups excluding carboxylic acids is 2. The first-order chi connectivity index (χ1) is 10.8. The number of hydrogen-bond acceptors (Lipinski definition) is 4. The van der Waals surface area contributed by atoms with E-state index in [1.807, 2.05) is 27.9 Å². The summed E-state index contributed by atoms with van der Waals surface area (Å²) in [4.78, 5) is 29.7. The number of aryl methyl sites for hydroxylation is 1. The van der Waals surface area contributed by atoms with E-state index < -0.39 is 5.97 Å². The van der Waals surface area contributed by atoms with Gasteiger partial charge in [-0.25, -0.2) is 4.79 Å². The fourth-order valence-corrected chi connectivity index (χ4v) is 2.57. The molecule has 2 N–H and O–H groups in total. The van der Waals surface area contributed by atoms with Gasteiger partial charge < -0.3 is 19.9 Å². The first kappa shape index (κ1) is 19.2. The third kappa shape index (κ3) is 5.10. The second-order valence-electron chi connectivity index (χ2n) is 6.19. The number of methoxy groups -OCH3 is 1. The summed E-state index contributed by atoms with van der Waals surface area (Å²) in [7, 11) is 5.36. The fraction of sp³-hybridized carbons (Fsp3) is 0.647. The Labute approximate surface area is 138 Å². The van der Waals surface area contributed by atoms with Crippen LogP contribution >= 0.6 is 0 Å². The highest BCUT2D eigenvalue weighted by Crippen LogP contribution is 2.22. The molecule has 6 heteroatoms. The summed E-state index contributed by atoms with van der Waals surface area (Å²) in [6.07, 6.45) is 2.37. The molecule has 1 aromatic rings. The Hall–Kier alpha value is -1.82. The lowest BCUT2D eigenvalue weighted by Crippen LogP contribution is -2.35. The predicted octanol–water partition coefficient (Wildman–Crippen LogP) is 2.13. The molecule has 0 unspecified atom stereocenters. The Morgan fingerprint density at radius 1 is 1.35 bits per heavy atom. The molecule has 0 aliphatic carbocycles. The molecule has 23 heavy (non-hydrogen) atoms. The van der Waals surface area contributed by atoms with Crippen molar-refractivity contribution in [2.24, 2.45) is 0 Å². The third-order valence-corrected chi connectivity index (χ3v) is 3.79. The highest BCUT2D eigenvalue weighted by molar-refractivity contribution is 6.00. The first-order valence-corrected chi connectivity index (χ1v) is 8.07. The SMILES string of the molecule is CCCc1c(C(=O)N[C@H](C)CCN(C)C)[nH]c(C)c1C(=O)OC. The van der Waals surface area contributed by atoms with Crippen LogP contribution in [0, 0.1) is 6.92 Å². The maximum atomic E-state index is 12.6. The number of nitrogens with one attached hydrogen (secondary N) is 2. The van der Waals surface area contributed by atoms with Gasteiger partial charge in [0, 0.05) is 11.7 Å². The number of aromatic nitrogens is 1. The molecular weight excluding hydrogens is 294 g/mol. The number of esters is 1. The van der Waals surface area contributed by atoms with Crippen LogP contribution in [0.5, 0.6) is 0 Å². The van der Waals surface area contributed by atoms with Crippen LogP contribution < -0.4 is 5.32 Å². The number of ether oxygens (including phenoxy) is 1. The molecule has 1 amide bonds. The zero-order valence-electron chi connectivity index (χ0n) is 15.1. The summed E-state index contributed by atoms with van der Waals surface area (Å²) in [5.74, 6) is -0.570. The summed E-state index contributed by atoms with van der Waals surface area (Å²) in [5, 5.41) is 3.00. The van der Waals surface area contributed by atoms with E-state index in [0.29, 0.717) is 23.4 Å². The molecule has 0 spiro atoms. The minimum atomic E-state index is -0.401. The summed E-state index contributed by atoms with van der Waals surface area (Å²) in [6, 6.07) is 0.0598. The normalized spacial score (nSPS) is 12.3. The fourth-order valence-electron chi connectivity index (χ4n) is 2.57. The average Bonchev–Trinajstić information content (AvgIpc) is 2.81. The van der Waals surface area contributed by atoms with Gasteiger partial charge in [0.05, 0.1) is 12.7 Å². The van der Waals surface area contributed by atoms with E-state index in [1.165, 1.54) is 7.11 Å². The molecule has 130 valence electrons. The maximum absolute atomic E-state index is 12.6. The zero-order valence-corrected chi connectivity index (χ0v) is 15.1. The molecule has 1 rings (SSSR count). The van der Waals surface area contributed by atoms with E-state index >= 15 is 0 Å². The minimum Gasteiger partial charge on any atom is -0.465 e. The number of amides is 1. The average molecular weight is 323 g/mol. The predicted molar refractivity (Wildman–Crippen MR) is 91.0 cm³/mol. The van der Waals surface area contributed by atoms with Crippen molar-refractivity contribution < 1.29 is 14.3 Å². The summed E-state index contributed by atoms with van der Waals surface area (Å²) < 4.78 is 4.85. The smallest absolute Gasteiger partial charge is 0.339 e. The number of carbonyl (C=O) groups is 2. The van der Waals surface area contributed by atoms with E-state index in [4.69, 9.17) is 4.74 Å². The van der Waals surface area contributed by atoms with Crippen LogP contribution in [-0.4, -0.2) is 55.6 Å². The number of aromatic amines is 1. The molecule has 0 radical (unpaired) electrons. The third-order valence-electron chi connectivity index (χ3n) is 3.79. The van der Waals surface area contributed by atoms with Crippen molar-refractivity contribution in [2.45, 2.75) is 46.1 Å². The van der Waals surface area contributed by atoms with Gasteiger partial charge >= 0.3 is 5.97 Å². The monoisotopic (exact) mass is 323 g/mol. The van der Waals surface area contributed by atoms with Gasteiger partial charge in [-0.2, -0.15) is 0 Å². The topological polar surface area (TPSA) is 74.4 Å². The standard InChI is InChI=1S/C17H29N3O3/c1-7-8-13-14(17(22)23-6)12(3)19-15(13)16(21)18-11(2)9-10-20(4)5/h11,19H,7-10H2,1-6H3,(H,18,21)/t11-/m1/s1. The van der Waals surface area contributed by atoms with Crippen LogP contribution in [0.3, 0.4) is 0 Å². The molecule has 0 saturated carbocycles. The molecule has 1 aromatic heterocycles. The quantitative estimate of drug-likeness (QED) is 0.719. The van der Waals surface area contributed by atoms with Crippen LogP contribution in [0.1, 0.15) is 58.8 Å². The van der Waals surface area contributed by atoms with Crippen molar-refractivity contribution in [3.63, 3.8) is 0 Å². The lowest BCUT2D eigenvalue weighted by molar-refractivity contribution is 0.0599. The van der Waals surface area contributed by atoms with Crippen LogP contribution in [0.4, 0.5) is 0 Å². The van der Waals surface area contributed by atoms with Gasteiger partial charge in [-0.05, 0) is 52.9 Å². The van der Waals surface area contributed by atoms with Crippen molar-refractivity contribution in [3.05, 3.63) is 22.5 Å². The van der Waals surface area contributed by atoms with Crippen LogP contribution in [0.2, 0.25) is 0 Å². The van der Waals surface area contributed by atoms with Gasteiger partial charge in [-0.1, -0.05) is 13.3 Å². The van der Waals surface area contributed by atoms with Crippen molar-refractivity contribution in [1.29, 1.82) is 0 Å². The lowest BCUT2D eigenvalue weighted by atomic mass is 10.0. The maximum Gasteiger partial charge on any atom is 0.339 e. The summed E-state index contributed by atoms with van der Waals surface area (Å²) in [5.41, 5.74) is 2.38. The van der Waals surface area contributed by atoms with Crippen LogP contribution in [-0.2, 0) is 11.2 Å². The highest BCUT2D eigenvalue weighted by Gasteiger charge is 2.25. The molecule has 0 aromatic carbocycles. The number of nitrogens with zero attached hydrogens (tertiary/aromatic N) is 1. The van der Waals surface area contributed by atoms with Gasteiger partial charge in [0.25, 0.3) is 5.91 Å². The van der Waals surface area contributed by atoms with Gasteiger partial charge in [-0.3, -0.25) is 4.79 Å². The Balaban J connectivity index is 2.98. The highest BCUT2D eigenvalue weighted by atomic mass is 16.5. The first-order valence-electron chi connectivity index (χ1n) is 8.07. The Morgan fingerprint density at radius 2 is 2.00 bits per heavy atom. The molecule has 0 fully saturated rings. The molecule has 0 saturated heterocycles. The van der Waals surface area contributed by atoms with Gasteiger partial charge in [0.1, 0.15) is 5.69 Å². The number of H-pyrrole nitrogens is 1.